The van der Waals surface area contributed by atoms with Crippen LogP contribution >= 0.6 is 24.4 Å². The Balaban J connectivity index is 1.95. The second-order valence-electron chi connectivity index (χ2n) is 5.50. The van der Waals surface area contributed by atoms with Gasteiger partial charge in [-0.3, -0.25) is 14.4 Å². The van der Waals surface area contributed by atoms with E-state index < -0.39 is 17.3 Å². The molecule has 2 amide bonds. The van der Waals surface area contributed by atoms with Crippen molar-refractivity contribution in [3.05, 3.63) is 35.9 Å². The average Bonchev–Trinajstić information content (AvgIpc) is 2.71. The van der Waals surface area contributed by atoms with Crippen LogP contribution in [-0.2, 0) is 20.8 Å². The van der Waals surface area contributed by atoms with Crippen LogP contribution in [0.15, 0.2) is 30.3 Å². The van der Waals surface area contributed by atoms with Gasteiger partial charge in [-0.15, -0.1) is 0 Å². The fourth-order valence-electron chi connectivity index (χ4n) is 2.40. The van der Waals surface area contributed by atoms with E-state index in [4.69, 9.17) is 5.11 Å². The lowest BCUT2D eigenvalue weighted by Crippen LogP contribution is -2.51. The van der Waals surface area contributed by atoms with Crippen molar-refractivity contribution >= 4 is 42.2 Å². The summed E-state index contributed by atoms with van der Waals surface area (Å²) in [7, 11) is 0. The van der Waals surface area contributed by atoms with Gasteiger partial charge in [0.1, 0.15) is 12.6 Å². The topological polar surface area (TPSA) is 86.7 Å². The van der Waals surface area contributed by atoms with Crippen molar-refractivity contribution < 1.29 is 19.5 Å². The Morgan fingerprint density at radius 3 is 2.75 bits per heavy atom. The number of carboxylic acid groups (broad SMARTS) is 1. The Morgan fingerprint density at radius 2 is 2.08 bits per heavy atom. The molecule has 1 aliphatic heterocycles. The van der Waals surface area contributed by atoms with Crippen LogP contribution in [0.5, 0.6) is 0 Å². The lowest BCUT2D eigenvalue weighted by Gasteiger charge is -2.23. The van der Waals surface area contributed by atoms with Gasteiger partial charge in [-0.05, 0) is 12.0 Å². The van der Waals surface area contributed by atoms with E-state index in [1.807, 2.05) is 30.3 Å². The van der Waals surface area contributed by atoms with Crippen LogP contribution in [0.4, 0.5) is 0 Å². The van der Waals surface area contributed by atoms with Gasteiger partial charge >= 0.3 is 5.97 Å². The number of thiol groups is 1. The summed E-state index contributed by atoms with van der Waals surface area (Å²) in [4.78, 5) is 36.9. The highest BCUT2D eigenvalue weighted by atomic mass is 32.2. The van der Waals surface area contributed by atoms with Crippen molar-refractivity contribution in [2.45, 2.75) is 17.7 Å². The molecule has 2 N–H and O–H groups in total. The lowest BCUT2D eigenvalue weighted by molar-refractivity contribution is -0.145. The maximum atomic E-state index is 12.4. The van der Waals surface area contributed by atoms with Crippen LogP contribution in [0.1, 0.15) is 5.56 Å². The van der Waals surface area contributed by atoms with Crippen LogP contribution < -0.4 is 5.32 Å². The number of rotatable bonds is 6. The van der Waals surface area contributed by atoms with Crippen LogP contribution in [0.2, 0.25) is 0 Å². The zero-order chi connectivity index (χ0) is 17.5. The Kier molecular flexibility index (Phi) is 6.99. The third-order valence-corrected chi connectivity index (χ3v) is 5.07. The van der Waals surface area contributed by atoms with Crippen molar-refractivity contribution in [1.29, 1.82) is 0 Å². The summed E-state index contributed by atoms with van der Waals surface area (Å²) in [5.41, 5.74) is 0.988. The normalized spacial score (nSPS) is 19.5. The molecule has 0 saturated carbocycles. The molecule has 130 valence electrons. The summed E-state index contributed by atoms with van der Waals surface area (Å²) >= 11 is 5.85. The average molecular weight is 368 g/mol. The number of aliphatic carboxylic acids is 1. The van der Waals surface area contributed by atoms with Crippen molar-refractivity contribution in [2.24, 2.45) is 0 Å². The quantitative estimate of drug-likeness (QED) is 0.643. The number of carboxylic acids is 1. The molecule has 8 heteroatoms. The predicted octanol–water partition coefficient (Wildman–Crippen LogP) is 0.672. The first-order valence-corrected chi connectivity index (χ1v) is 9.25. The molecule has 1 aliphatic rings. The summed E-state index contributed by atoms with van der Waals surface area (Å²) < 4.78 is 0. The molecule has 24 heavy (non-hydrogen) atoms. The first-order valence-electron chi connectivity index (χ1n) is 7.58. The largest absolute Gasteiger partial charge is 0.480 e. The van der Waals surface area contributed by atoms with Crippen LogP contribution in [0.3, 0.4) is 0 Å². The first-order chi connectivity index (χ1) is 11.5. The molecule has 2 unspecified atom stereocenters. The van der Waals surface area contributed by atoms with Gasteiger partial charge in [0.2, 0.25) is 11.8 Å². The van der Waals surface area contributed by atoms with Crippen molar-refractivity contribution in [1.82, 2.24) is 10.2 Å². The van der Waals surface area contributed by atoms with Crippen molar-refractivity contribution in [2.75, 3.05) is 24.6 Å². The summed E-state index contributed by atoms with van der Waals surface area (Å²) in [6.45, 7) is 0.0244. The Morgan fingerprint density at radius 1 is 1.38 bits per heavy atom. The fourth-order valence-corrected chi connectivity index (χ4v) is 3.66. The maximum absolute atomic E-state index is 12.4. The van der Waals surface area contributed by atoms with E-state index in [-0.39, 0.29) is 18.4 Å². The van der Waals surface area contributed by atoms with E-state index in [2.05, 4.69) is 17.9 Å². The number of carbonyl (C=O) groups is 3. The van der Waals surface area contributed by atoms with Gasteiger partial charge in [0.05, 0.1) is 5.25 Å². The van der Waals surface area contributed by atoms with Gasteiger partial charge in [0.25, 0.3) is 0 Å². The monoisotopic (exact) mass is 368 g/mol. The molecule has 0 bridgehead atoms. The van der Waals surface area contributed by atoms with Gasteiger partial charge in [-0.2, -0.15) is 24.4 Å². The minimum Gasteiger partial charge on any atom is -0.480 e. The van der Waals surface area contributed by atoms with Gasteiger partial charge in [-0.25, -0.2) is 0 Å². The van der Waals surface area contributed by atoms with Crippen molar-refractivity contribution in [3.63, 3.8) is 0 Å². The summed E-state index contributed by atoms with van der Waals surface area (Å²) in [5, 5.41) is 11.0. The van der Waals surface area contributed by atoms with Crippen molar-refractivity contribution in [3.8, 4) is 0 Å². The molecule has 2 rings (SSSR count). The van der Waals surface area contributed by atoms with E-state index >= 15 is 0 Å². The summed E-state index contributed by atoms with van der Waals surface area (Å²) in [6.07, 6.45) is 0.461. The SMILES string of the molecule is O=C(O)CN1CCSCC(NC(=O)C(S)Cc2ccccc2)C1=O. The molecule has 6 nitrogen and oxygen atoms in total. The minimum atomic E-state index is -1.06. The molecule has 1 fully saturated rings. The molecule has 1 saturated heterocycles. The highest BCUT2D eigenvalue weighted by molar-refractivity contribution is 7.99. The number of hydrogen-bond acceptors (Lipinski definition) is 5. The van der Waals surface area contributed by atoms with Crippen LogP contribution in [0.25, 0.3) is 0 Å². The molecule has 0 spiro atoms. The predicted molar refractivity (Wildman–Crippen MR) is 96.4 cm³/mol. The summed E-state index contributed by atoms with van der Waals surface area (Å²) in [6, 6.07) is 8.80. The molecule has 0 radical (unpaired) electrons. The third kappa shape index (κ3) is 5.45. The molecule has 2 atom stereocenters. The molecule has 1 aromatic rings. The number of hydrogen-bond donors (Lipinski definition) is 3. The number of thioether (sulfide) groups is 1. The Labute approximate surface area is 150 Å². The number of nitrogens with zero attached hydrogens (tertiary/aromatic N) is 1. The van der Waals surface area contributed by atoms with Gasteiger partial charge in [-0.1, -0.05) is 30.3 Å². The third-order valence-electron chi connectivity index (χ3n) is 3.62. The van der Waals surface area contributed by atoms with E-state index in [1.54, 1.807) is 0 Å². The zero-order valence-corrected chi connectivity index (χ0v) is 14.8. The number of nitrogens with one attached hydrogen (secondary N) is 1. The standard InChI is InChI=1S/C16H20N2O4S2/c19-14(20)9-18-6-7-24-10-12(16(18)22)17-15(21)13(23)8-11-4-2-1-3-5-11/h1-5,12-13,23H,6-10H2,(H,17,21)(H,19,20). The highest BCUT2D eigenvalue weighted by Crippen LogP contribution is 2.14. The molecule has 0 aromatic heterocycles. The van der Waals surface area contributed by atoms with E-state index in [0.29, 0.717) is 24.5 Å². The minimum absolute atomic E-state index is 0.321. The molecule has 1 heterocycles. The van der Waals surface area contributed by atoms with E-state index in [1.165, 1.54) is 16.7 Å². The second kappa shape index (κ2) is 8.98. The maximum Gasteiger partial charge on any atom is 0.323 e. The van der Waals surface area contributed by atoms with Crippen LogP contribution in [-0.4, -0.2) is 63.7 Å². The molecular formula is C16H20N2O4S2. The molecular weight excluding hydrogens is 348 g/mol. The zero-order valence-electron chi connectivity index (χ0n) is 13.1. The van der Waals surface area contributed by atoms with Crippen LogP contribution in [0, 0.1) is 0 Å². The molecule has 0 aliphatic carbocycles. The van der Waals surface area contributed by atoms with Gasteiger partial charge in [0.15, 0.2) is 0 Å². The van der Waals surface area contributed by atoms with Gasteiger partial charge in [0, 0.05) is 18.1 Å². The number of benzene rings is 1. The molecule has 1 aromatic carbocycles. The van der Waals surface area contributed by atoms with E-state index in [9.17, 15) is 14.4 Å². The number of amides is 2. The smallest absolute Gasteiger partial charge is 0.323 e. The Hall–Kier alpha value is -1.67. The van der Waals surface area contributed by atoms with E-state index in [0.717, 1.165) is 5.56 Å². The number of carbonyl (C=O) groups excluding carboxylic acids is 2. The Bertz CT molecular complexity index is 597. The fraction of sp³-hybridized carbons (Fsp3) is 0.438. The highest BCUT2D eigenvalue weighted by Gasteiger charge is 2.30. The summed E-state index contributed by atoms with van der Waals surface area (Å²) in [5.74, 6) is -0.641. The first kappa shape index (κ1) is 18.7. The second-order valence-corrected chi connectivity index (χ2v) is 7.27. The lowest BCUT2D eigenvalue weighted by atomic mass is 10.1. The van der Waals surface area contributed by atoms with Gasteiger partial charge < -0.3 is 15.3 Å².